The summed E-state index contributed by atoms with van der Waals surface area (Å²) in [5.74, 6) is -1.83. The van der Waals surface area contributed by atoms with E-state index in [2.05, 4.69) is 32.5 Å². The van der Waals surface area contributed by atoms with Crippen LogP contribution in [0, 0.1) is 11.6 Å². The Morgan fingerprint density at radius 3 is 2.62 bits per heavy atom. The number of halogens is 2. The topological polar surface area (TPSA) is 108 Å². The fourth-order valence-electron chi connectivity index (χ4n) is 2.58. The first-order valence-electron chi connectivity index (χ1n) is 9.55. The molecule has 10 heteroatoms. The zero-order chi connectivity index (χ0) is 23.1. The van der Waals surface area contributed by atoms with Crippen molar-refractivity contribution >= 4 is 34.7 Å². The van der Waals surface area contributed by atoms with E-state index in [1.165, 1.54) is 18.2 Å². The molecule has 3 rings (SSSR count). The van der Waals surface area contributed by atoms with Crippen LogP contribution in [-0.4, -0.2) is 33.7 Å². The Labute approximate surface area is 183 Å². The first-order chi connectivity index (χ1) is 15.4. The second kappa shape index (κ2) is 10.3. The molecule has 0 aliphatic rings. The van der Waals surface area contributed by atoms with Gasteiger partial charge in [0.2, 0.25) is 11.9 Å². The van der Waals surface area contributed by atoms with E-state index in [9.17, 15) is 13.6 Å². The van der Waals surface area contributed by atoms with Gasteiger partial charge in [-0.25, -0.2) is 13.8 Å². The van der Waals surface area contributed by atoms with Gasteiger partial charge in [0.15, 0.2) is 23.2 Å². The molecule has 0 aliphatic heterocycles. The van der Waals surface area contributed by atoms with Gasteiger partial charge >= 0.3 is 0 Å². The van der Waals surface area contributed by atoms with E-state index in [-0.39, 0.29) is 30.0 Å². The predicted molar refractivity (Wildman–Crippen MR) is 117 cm³/mol. The lowest BCUT2D eigenvalue weighted by molar-refractivity contribution is -0.111. The first-order valence-corrected chi connectivity index (χ1v) is 9.55. The first kappa shape index (κ1) is 22.6. The highest BCUT2D eigenvalue weighted by molar-refractivity contribution is 5.99. The lowest BCUT2D eigenvalue weighted by Gasteiger charge is -2.14. The summed E-state index contributed by atoms with van der Waals surface area (Å²) in [7, 11) is 0. The van der Waals surface area contributed by atoms with E-state index >= 15 is 0 Å². The molecule has 0 spiro atoms. The molecule has 0 aliphatic carbocycles. The number of carbonyl (C=O) groups excluding carboxylic acids is 1. The Balaban J connectivity index is 1.75. The van der Waals surface area contributed by atoms with Crippen LogP contribution in [0.3, 0.4) is 0 Å². The largest absolute Gasteiger partial charge is 0.485 e. The van der Waals surface area contributed by atoms with Crippen molar-refractivity contribution in [2.45, 2.75) is 13.0 Å². The molecule has 1 heterocycles. The molecule has 3 aromatic rings. The quantitative estimate of drug-likeness (QED) is 0.370. The molecule has 0 saturated heterocycles. The molecule has 0 unspecified atom stereocenters. The smallest absolute Gasteiger partial charge is 0.247 e. The molecule has 0 radical (unpaired) electrons. The number of carbonyl (C=O) groups is 1. The van der Waals surface area contributed by atoms with Crippen LogP contribution in [0.2, 0.25) is 0 Å². The van der Waals surface area contributed by atoms with Crippen molar-refractivity contribution in [3.63, 3.8) is 0 Å². The van der Waals surface area contributed by atoms with Gasteiger partial charge in [-0.05, 0) is 43.3 Å². The molecule has 1 atom stereocenters. The van der Waals surface area contributed by atoms with Crippen LogP contribution >= 0.6 is 0 Å². The third kappa shape index (κ3) is 5.99. The molecule has 0 saturated carbocycles. The standard InChI is InChI=1S/C22H21F2N5O3/c1-3-20(31)26-14-5-4-6-15(9-14)27-21-18(24)11-25-22(29-21)28-16-7-8-19(17(23)10-16)32-13(2)12-30/h3-11,13,30H,1,12H2,2H3,(H,26,31)(H2,25,27,28,29)/t13-/m1/s1. The number of amides is 1. The van der Waals surface area contributed by atoms with Crippen molar-refractivity contribution in [3.8, 4) is 5.75 Å². The van der Waals surface area contributed by atoms with E-state index in [0.29, 0.717) is 17.1 Å². The van der Waals surface area contributed by atoms with E-state index in [1.54, 1.807) is 31.2 Å². The zero-order valence-electron chi connectivity index (χ0n) is 17.1. The second-order valence-electron chi connectivity index (χ2n) is 6.67. The minimum Gasteiger partial charge on any atom is -0.485 e. The molecule has 0 bridgehead atoms. The Morgan fingerprint density at radius 1 is 1.16 bits per heavy atom. The lowest BCUT2D eigenvalue weighted by atomic mass is 10.2. The summed E-state index contributed by atoms with van der Waals surface area (Å²) < 4.78 is 33.7. The van der Waals surface area contributed by atoms with Gasteiger partial charge in [0.25, 0.3) is 0 Å². The third-order valence-electron chi connectivity index (χ3n) is 4.10. The lowest BCUT2D eigenvalue weighted by Crippen LogP contribution is -2.16. The van der Waals surface area contributed by atoms with Gasteiger partial charge in [-0.1, -0.05) is 12.6 Å². The molecule has 1 aromatic heterocycles. The van der Waals surface area contributed by atoms with Crippen molar-refractivity contribution in [2.75, 3.05) is 22.6 Å². The van der Waals surface area contributed by atoms with Gasteiger partial charge in [-0.3, -0.25) is 4.79 Å². The maximum absolute atomic E-state index is 14.2. The maximum Gasteiger partial charge on any atom is 0.247 e. The number of aromatic nitrogens is 2. The number of aliphatic hydroxyl groups excluding tert-OH is 1. The van der Waals surface area contributed by atoms with Crippen molar-refractivity contribution in [3.05, 3.63) is 73.0 Å². The van der Waals surface area contributed by atoms with Gasteiger partial charge < -0.3 is 25.8 Å². The average molecular weight is 441 g/mol. The van der Waals surface area contributed by atoms with Crippen molar-refractivity contribution in [1.82, 2.24) is 9.97 Å². The highest BCUT2D eigenvalue weighted by Crippen LogP contribution is 2.25. The Bertz CT molecular complexity index is 1130. The van der Waals surface area contributed by atoms with Crippen LogP contribution < -0.4 is 20.7 Å². The maximum atomic E-state index is 14.2. The van der Waals surface area contributed by atoms with Gasteiger partial charge in [0, 0.05) is 23.1 Å². The Morgan fingerprint density at radius 2 is 1.91 bits per heavy atom. The van der Waals surface area contributed by atoms with E-state index in [1.807, 2.05) is 0 Å². The molecule has 166 valence electrons. The number of nitrogens with zero attached hydrogens (tertiary/aromatic N) is 2. The second-order valence-corrected chi connectivity index (χ2v) is 6.67. The number of nitrogens with one attached hydrogen (secondary N) is 3. The normalized spacial score (nSPS) is 11.4. The SMILES string of the molecule is C=CC(=O)Nc1cccc(Nc2nc(Nc3ccc(O[C@H](C)CO)c(F)c3)ncc2F)c1. The summed E-state index contributed by atoms with van der Waals surface area (Å²) in [6.45, 7) is 4.75. The van der Waals surface area contributed by atoms with Crippen LogP contribution in [0.25, 0.3) is 0 Å². The van der Waals surface area contributed by atoms with Gasteiger partial charge in [0.1, 0.15) is 6.10 Å². The van der Waals surface area contributed by atoms with Crippen LogP contribution in [0.1, 0.15) is 6.92 Å². The highest BCUT2D eigenvalue weighted by atomic mass is 19.1. The molecule has 0 fully saturated rings. The van der Waals surface area contributed by atoms with Crippen molar-refractivity contribution < 1.29 is 23.4 Å². The number of hydrogen-bond acceptors (Lipinski definition) is 7. The predicted octanol–water partition coefficient (Wildman–Crippen LogP) is 4.13. The molecular formula is C22H21F2N5O3. The number of aliphatic hydroxyl groups is 1. The average Bonchev–Trinajstić information content (AvgIpc) is 2.78. The van der Waals surface area contributed by atoms with Gasteiger partial charge in [0.05, 0.1) is 12.8 Å². The number of ether oxygens (including phenoxy) is 1. The van der Waals surface area contributed by atoms with E-state index in [0.717, 1.165) is 12.3 Å². The van der Waals surface area contributed by atoms with Gasteiger partial charge in [-0.15, -0.1) is 0 Å². The van der Waals surface area contributed by atoms with E-state index in [4.69, 9.17) is 9.84 Å². The monoisotopic (exact) mass is 441 g/mol. The molecule has 32 heavy (non-hydrogen) atoms. The molecule has 4 N–H and O–H groups in total. The highest BCUT2D eigenvalue weighted by Gasteiger charge is 2.12. The third-order valence-corrected chi connectivity index (χ3v) is 4.10. The molecule has 1 amide bonds. The van der Waals surface area contributed by atoms with Crippen LogP contribution in [0.4, 0.5) is 37.6 Å². The zero-order valence-corrected chi connectivity index (χ0v) is 17.1. The minimum atomic E-state index is -0.705. The summed E-state index contributed by atoms with van der Waals surface area (Å²) in [5, 5.41) is 17.2. The summed E-state index contributed by atoms with van der Waals surface area (Å²) in [6.07, 6.45) is 1.55. The Kier molecular flexibility index (Phi) is 7.29. The summed E-state index contributed by atoms with van der Waals surface area (Å²) in [6, 6.07) is 10.7. The Hall–Kier alpha value is -4.05. The van der Waals surface area contributed by atoms with Gasteiger partial charge in [-0.2, -0.15) is 4.98 Å². The molecule has 8 nitrogen and oxygen atoms in total. The minimum absolute atomic E-state index is 0.0112. The number of hydrogen-bond donors (Lipinski definition) is 4. The number of rotatable bonds is 9. The summed E-state index contributed by atoms with van der Waals surface area (Å²) in [5.41, 5.74) is 1.28. The molecular weight excluding hydrogens is 420 g/mol. The van der Waals surface area contributed by atoms with Crippen molar-refractivity contribution in [1.29, 1.82) is 0 Å². The fraction of sp³-hybridized carbons (Fsp3) is 0.136. The van der Waals surface area contributed by atoms with E-state index < -0.39 is 17.7 Å². The molecule has 2 aromatic carbocycles. The summed E-state index contributed by atoms with van der Waals surface area (Å²) >= 11 is 0. The summed E-state index contributed by atoms with van der Waals surface area (Å²) in [4.78, 5) is 19.4. The van der Waals surface area contributed by atoms with Crippen LogP contribution in [0.5, 0.6) is 5.75 Å². The number of anilines is 5. The fourth-order valence-corrected chi connectivity index (χ4v) is 2.58. The number of benzene rings is 2. The van der Waals surface area contributed by atoms with Crippen LogP contribution in [0.15, 0.2) is 61.3 Å². The van der Waals surface area contributed by atoms with Crippen LogP contribution in [-0.2, 0) is 4.79 Å². The van der Waals surface area contributed by atoms with Crippen molar-refractivity contribution in [2.24, 2.45) is 0 Å².